The Hall–Kier alpha value is -3.00. The molecule has 22 heavy (non-hydrogen) atoms. The Balaban J connectivity index is 2.04. The van der Waals surface area contributed by atoms with Crippen molar-refractivity contribution in [1.82, 2.24) is 0 Å². The number of ketones is 1. The third-order valence-electron chi connectivity index (χ3n) is 2.83. The first kappa shape index (κ1) is 15.4. The van der Waals surface area contributed by atoms with Crippen LogP contribution < -0.4 is 4.74 Å². The maximum Gasteiger partial charge on any atom is 0.387 e. The lowest BCUT2D eigenvalue weighted by Crippen LogP contribution is -2.01. The largest absolute Gasteiger partial charge is 0.435 e. The molecule has 0 amide bonds. The minimum Gasteiger partial charge on any atom is -0.435 e. The molecule has 0 N–H and O–H groups in total. The van der Waals surface area contributed by atoms with Crippen molar-refractivity contribution >= 4 is 11.9 Å². The molecule has 0 heterocycles. The summed E-state index contributed by atoms with van der Waals surface area (Å²) in [5.74, 6) is -0.150. The highest BCUT2D eigenvalue weighted by Gasteiger charge is 2.04. The quantitative estimate of drug-likeness (QED) is 0.618. The van der Waals surface area contributed by atoms with Gasteiger partial charge >= 0.3 is 6.61 Å². The average Bonchev–Trinajstić information content (AvgIpc) is 2.53. The Morgan fingerprint density at radius 3 is 2.27 bits per heavy atom. The predicted molar refractivity (Wildman–Crippen MR) is 77.6 cm³/mol. The number of rotatable bonds is 5. The highest BCUT2D eigenvalue weighted by Crippen LogP contribution is 2.16. The summed E-state index contributed by atoms with van der Waals surface area (Å²) in [5.41, 5.74) is 1.63. The molecule has 0 unspecified atom stereocenters. The first-order valence-electron chi connectivity index (χ1n) is 6.36. The lowest BCUT2D eigenvalue weighted by molar-refractivity contribution is -0.0498. The zero-order valence-electron chi connectivity index (χ0n) is 11.4. The van der Waals surface area contributed by atoms with E-state index in [2.05, 4.69) is 4.74 Å². The summed E-state index contributed by atoms with van der Waals surface area (Å²) in [6.07, 6.45) is 2.96. The normalized spacial score (nSPS) is 10.6. The van der Waals surface area contributed by atoms with Gasteiger partial charge in [0.1, 0.15) is 5.75 Å². The summed E-state index contributed by atoms with van der Waals surface area (Å²) in [4.78, 5) is 11.9. The number of halogens is 2. The van der Waals surface area contributed by atoms with E-state index in [-0.39, 0.29) is 11.5 Å². The third-order valence-corrected chi connectivity index (χ3v) is 2.83. The molecule has 0 aliphatic rings. The second-order valence-corrected chi connectivity index (χ2v) is 4.33. The van der Waals surface area contributed by atoms with Gasteiger partial charge in [0.25, 0.3) is 0 Å². The molecule has 0 bridgehead atoms. The van der Waals surface area contributed by atoms with Gasteiger partial charge in [-0.05, 0) is 48.0 Å². The van der Waals surface area contributed by atoms with Gasteiger partial charge in [0.2, 0.25) is 0 Å². The van der Waals surface area contributed by atoms with Crippen LogP contribution in [0.3, 0.4) is 0 Å². The first-order valence-corrected chi connectivity index (χ1v) is 6.36. The van der Waals surface area contributed by atoms with E-state index in [1.807, 2.05) is 6.07 Å². The zero-order chi connectivity index (χ0) is 15.9. The Morgan fingerprint density at radius 2 is 1.73 bits per heavy atom. The van der Waals surface area contributed by atoms with E-state index < -0.39 is 6.61 Å². The number of ether oxygens (including phenoxy) is 1. The van der Waals surface area contributed by atoms with Crippen LogP contribution in [0.2, 0.25) is 0 Å². The van der Waals surface area contributed by atoms with E-state index in [1.165, 1.54) is 18.2 Å². The zero-order valence-corrected chi connectivity index (χ0v) is 11.4. The Kier molecular flexibility index (Phi) is 4.99. The van der Waals surface area contributed by atoms with Crippen LogP contribution in [0.5, 0.6) is 5.75 Å². The number of nitriles is 1. The molecule has 3 nitrogen and oxygen atoms in total. The molecule has 2 aromatic carbocycles. The molecule has 0 fully saturated rings. The molecule has 0 aromatic heterocycles. The van der Waals surface area contributed by atoms with Crippen LogP contribution in [0, 0.1) is 11.3 Å². The van der Waals surface area contributed by atoms with Crippen molar-refractivity contribution in [3.8, 4) is 11.8 Å². The van der Waals surface area contributed by atoms with Crippen LogP contribution in [-0.2, 0) is 0 Å². The second kappa shape index (κ2) is 7.14. The molecule has 0 aliphatic carbocycles. The van der Waals surface area contributed by atoms with Gasteiger partial charge in [-0.1, -0.05) is 18.2 Å². The van der Waals surface area contributed by atoms with E-state index >= 15 is 0 Å². The standard InChI is InChI=1S/C17H11F2NO2/c18-17(19)22-15-8-3-12(4-9-15)5-10-16(21)14-6-1-13(11-20)2-7-14/h1-10,17H. The van der Waals surface area contributed by atoms with Crippen molar-refractivity contribution in [1.29, 1.82) is 5.26 Å². The van der Waals surface area contributed by atoms with Gasteiger partial charge in [-0.2, -0.15) is 14.0 Å². The van der Waals surface area contributed by atoms with Gasteiger partial charge < -0.3 is 4.74 Å². The fraction of sp³-hybridized carbons (Fsp3) is 0.0588. The van der Waals surface area contributed by atoms with Gasteiger partial charge in [0.05, 0.1) is 11.6 Å². The summed E-state index contributed by atoms with van der Waals surface area (Å²) >= 11 is 0. The number of benzene rings is 2. The van der Waals surface area contributed by atoms with Crippen molar-refractivity contribution in [2.24, 2.45) is 0 Å². The molecule has 0 radical (unpaired) electrons. The molecule has 2 aromatic rings. The summed E-state index contributed by atoms with van der Waals surface area (Å²) in [5, 5.41) is 8.69. The van der Waals surface area contributed by atoms with Crippen LogP contribution in [0.25, 0.3) is 6.08 Å². The van der Waals surface area contributed by atoms with Crippen LogP contribution in [0.1, 0.15) is 21.5 Å². The molecule has 0 spiro atoms. The second-order valence-electron chi connectivity index (χ2n) is 4.33. The van der Waals surface area contributed by atoms with Gasteiger partial charge in [0, 0.05) is 5.56 Å². The van der Waals surface area contributed by atoms with E-state index in [0.29, 0.717) is 16.7 Å². The van der Waals surface area contributed by atoms with Crippen LogP contribution in [0.15, 0.2) is 54.6 Å². The van der Waals surface area contributed by atoms with Crippen molar-refractivity contribution < 1.29 is 18.3 Å². The topological polar surface area (TPSA) is 50.1 Å². The summed E-state index contributed by atoms with van der Waals surface area (Å²) in [6, 6.07) is 14.2. The van der Waals surface area contributed by atoms with E-state index in [1.54, 1.807) is 42.5 Å². The molecule has 5 heteroatoms. The van der Waals surface area contributed by atoms with Crippen molar-refractivity contribution in [2.75, 3.05) is 0 Å². The summed E-state index contributed by atoms with van der Waals surface area (Å²) in [6.45, 7) is -2.86. The molecule has 0 atom stereocenters. The third kappa shape index (κ3) is 4.25. The summed E-state index contributed by atoms with van der Waals surface area (Å²) < 4.78 is 28.3. The average molecular weight is 299 g/mol. The van der Waals surface area contributed by atoms with E-state index in [9.17, 15) is 13.6 Å². The SMILES string of the molecule is N#Cc1ccc(C(=O)C=Cc2ccc(OC(F)F)cc2)cc1. The smallest absolute Gasteiger partial charge is 0.387 e. The number of nitrogens with zero attached hydrogens (tertiary/aromatic N) is 1. The minimum atomic E-state index is -2.86. The van der Waals surface area contributed by atoms with Gasteiger partial charge in [0.15, 0.2) is 5.78 Å². The van der Waals surface area contributed by atoms with E-state index in [4.69, 9.17) is 5.26 Å². The van der Waals surface area contributed by atoms with E-state index in [0.717, 1.165) is 0 Å². The monoisotopic (exact) mass is 299 g/mol. The predicted octanol–water partition coefficient (Wildman–Crippen LogP) is 4.06. The lowest BCUT2D eigenvalue weighted by Gasteiger charge is -2.03. The first-order chi connectivity index (χ1) is 10.6. The van der Waals surface area contributed by atoms with Crippen molar-refractivity contribution in [3.05, 3.63) is 71.3 Å². The molecule has 0 saturated carbocycles. The molecule has 110 valence electrons. The minimum absolute atomic E-state index is 0.0607. The van der Waals surface area contributed by atoms with Crippen molar-refractivity contribution in [3.63, 3.8) is 0 Å². The maximum atomic E-state index is 12.0. The number of carbonyl (C=O) groups is 1. The fourth-order valence-electron chi connectivity index (χ4n) is 1.74. The number of allylic oxidation sites excluding steroid dienone is 1. The Labute approximate surface area is 126 Å². The summed E-state index contributed by atoms with van der Waals surface area (Å²) in [7, 11) is 0. The Morgan fingerprint density at radius 1 is 1.09 bits per heavy atom. The number of alkyl halides is 2. The van der Waals surface area contributed by atoms with Crippen LogP contribution >= 0.6 is 0 Å². The number of hydrogen-bond acceptors (Lipinski definition) is 3. The maximum absolute atomic E-state index is 12.0. The molecule has 2 rings (SSSR count). The highest BCUT2D eigenvalue weighted by atomic mass is 19.3. The molecular weight excluding hydrogens is 288 g/mol. The molecule has 0 aliphatic heterocycles. The highest BCUT2D eigenvalue weighted by molar-refractivity contribution is 6.06. The number of hydrogen-bond donors (Lipinski definition) is 0. The number of carbonyl (C=O) groups excluding carboxylic acids is 1. The Bertz CT molecular complexity index is 714. The van der Waals surface area contributed by atoms with Crippen LogP contribution in [-0.4, -0.2) is 12.4 Å². The van der Waals surface area contributed by atoms with Crippen molar-refractivity contribution in [2.45, 2.75) is 6.61 Å². The van der Waals surface area contributed by atoms with Crippen LogP contribution in [0.4, 0.5) is 8.78 Å². The van der Waals surface area contributed by atoms with Gasteiger partial charge in [-0.3, -0.25) is 4.79 Å². The molecular formula is C17H11F2NO2. The fourth-order valence-corrected chi connectivity index (χ4v) is 1.74. The van der Waals surface area contributed by atoms with Gasteiger partial charge in [-0.15, -0.1) is 0 Å². The molecule has 0 saturated heterocycles. The van der Waals surface area contributed by atoms with Gasteiger partial charge in [-0.25, -0.2) is 0 Å². The lowest BCUT2D eigenvalue weighted by atomic mass is 10.1.